The van der Waals surface area contributed by atoms with Gasteiger partial charge in [-0.05, 0) is 76.0 Å². The lowest BCUT2D eigenvalue weighted by molar-refractivity contribution is -0.123. The molecule has 3 rings (SSSR count). The zero-order chi connectivity index (χ0) is 23.1. The predicted octanol–water partition coefficient (Wildman–Crippen LogP) is 4.90. The quantitative estimate of drug-likeness (QED) is 0.297. The summed E-state index contributed by atoms with van der Waals surface area (Å²) in [5, 5.41) is 2.49. The molecule has 164 valence electrons. The molecule has 32 heavy (non-hydrogen) atoms. The van der Waals surface area contributed by atoms with Crippen molar-refractivity contribution in [1.29, 1.82) is 0 Å². The Bertz CT molecular complexity index is 1120. The van der Waals surface area contributed by atoms with Crippen LogP contribution in [0.5, 0.6) is 5.75 Å². The number of benzene rings is 3. The van der Waals surface area contributed by atoms with Gasteiger partial charge in [-0.15, -0.1) is 0 Å². The Hall–Kier alpha value is -2.75. The molecular formula is C23H19Br2N3O3S. The second-order valence-electron chi connectivity index (χ2n) is 6.72. The highest BCUT2D eigenvalue weighted by atomic mass is 79.9. The molecule has 0 bridgehead atoms. The highest BCUT2D eigenvalue weighted by Crippen LogP contribution is 2.32. The number of halogens is 2. The van der Waals surface area contributed by atoms with E-state index in [-0.39, 0.29) is 17.6 Å². The number of ether oxygens (including phenoxy) is 1. The zero-order valence-electron chi connectivity index (χ0n) is 16.9. The number of thiocarbonyl (C=S) groups is 1. The lowest BCUT2D eigenvalue weighted by Crippen LogP contribution is -2.49. The highest BCUT2D eigenvalue weighted by molar-refractivity contribution is 9.11. The van der Waals surface area contributed by atoms with Gasteiger partial charge in [0.2, 0.25) is 0 Å². The summed E-state index contributed by atoms with van der Waals surface area (Å²) in [6, 6.07) is 20.7. The van der Waals surface area contributed by atoms with E-state index in [1.165, 1.54) is 0 Å². The monoisotopic (exact) mass is 575 g/mol. The number of hydrogen-bond acceptors (Lipinski definition) is 4. The predicted molar refractivity (Wildman–Crippen MR) is 135 cm³/mol. The molecule has 0 radical (unpaired) electrons. The van der Waals surface area contributed by atoms with Crippen LogP contribution in [-0.4, -0.2) is 23.5 Å². The molecule has 0 heterocycles. The molecule has 3 N–H and O–H groups in total. The van der Waals surface area contributed by atoms with Crippen molar-refractivity contribution in [2.45, 2.75) is 6.92 Å². The van der Waals surface area contributed by atoms with Crippen molar-refractivity contribution in [2.75, 3.05) is 6.61 Å². The van der Waals surface area contributed by atoms with Crippen molar-refractivity contribution in [3.63, 3.8) is 0 Å². The molecule has 0 spiro atoms. The molecule has 0 aliphatic heterocycles. The van der Waals surface area contributed by atoms with Crippen molar-refractivity contribution in [2.24, 2.45) is 0 Å². The van der Waals surface area contributed by atoms with Gasteiger partial charge in [-0.3, -0.25) is 25.8 Å². The minimum atomic E-state index is -0.456. The lowest BCUT2D eigenvalue weighted by Gasteiger charge is -2.13. The Morgan fingerprint density at radius 3 is 2.25 bits per heavy atom. The van der Waals surface area contributed by atoms with Crippen LogP contribution in [0, 0.1) is 6.92 Å². The second kappa shape index (κ2) is 11.2. The number of rotatable bonds is 5. The average molecular weight is 577 g/mol. The Labute approximate surface area is 208 Å². The molecule has 9 heteroatoms. The lowest BCUT2D eigenvalue weighted by atomic mass is 10.0. The van der Waals surface area contributed by atoms with Crippen LogP contribution in [0.4, 0.5) is 0 Å². The van der Waals surface area contributed by atoms with Crippen molar-refractivity contribution in [3.05, 3.63) is 86.8 Å². The molecule has 0 saturated heterocycles. The number of nitrogens with one attached hydrogen (secondary N) is 3. The third-order valence-corrected chi connectivity index (χ3v) is 5.59. The second-order valence-corrected chi connectivity index (χ2v) is 8.90. The van der Waals surface area contributed by atoms with Gasteiger partial charge in [-0.1, -0.05) is 58.4 Å². The van der Waals surface area contributed by atoms with E-state index >= 15 is 0 Å². The molecule has 3 aromatic carbocycles. The van der Waals surface area contributed by atoms with E-state index in [1.54, 1.807) is 12.1 Å². The van der Waals surface area contributed by atoms with Gasteiger partial charge in [0.25, 0.3) is 11.8 Å². The summed E-state index contributed by atoms with van der Waals surface area (Å²) in [5.74, 6) is -0.275. The molecule has 0 saturated carbocycles. The summed E-state index contributed by atoms with van der Waals surface area (Å²) in [6.45, 7) is 1.64. The van der Waals surface area contributed by atoms with Crippen molar-refractivity contribution in [3.8, 4) is 16.9 Å². The summed E-state index contributed by atoms with van der Waals surface area (Å²) in [6.07, 6.45) is 0. The molecule has 0 unspecified atom stereocenters. The standard InChI is InChI=1S/C23H19Br2N3O3S/c1-14-11-18(24)12-19(25)21(14)31-13-20(29)27-28-23(32)26-22(30)17-9-7-16(8-10-17)15-5-3-2-4-6-15/h2-12H,13H2,1H3,(H,27,29)(H2,26,28,30,32). The number of aryl methyl sites for hydroxylation is 1. The molecule has 0 aliphatic rings. The van der Waals surface area contributed by atoms with Crippen LogP contribution in [-0.2, 0) is 4.79 Å². The van der Waals surface area contributed by atoms with E-state index in [0.717, 1.165) is 25.6 Å². The first-order valence-electron chi connectivity index (χ1n) is 9.47. The molecule has 0 atom stereocenters. The highest BCUT2D eigenvalue weighted by Gasteiger charge is 2.11. The van der Waals surface area contributed by atoms with E-state index in [1.807, 2.05) is 61.5 Å². The van der Waals surface area contributed by atoms with Gasteiger partial charge in [0.05, 0.1) is 4.47 Å². The van der Waals surface area contributed by atoms with Crippen molar-refractivity contribution in [1.82, 2.24) is 16.2 Å². The molecule has 6 nitrogen and oxygen atoms in total. The number of hydrazine groups is 1. The van der Waals surface area contributed by atoms with Crippen LogP contribution in [0.15, 0.2) is 75.7 Å². The largest absolute Gasteiger partial charge is 0.482 e. The average Bonchev–Trinajstić information content (AvgIpc) is 2.77. The van der Waals surface area contributed by atoms with E-state index in [0.29, 0.717) is 11.3 Å². The Balaban J connectivity index is 1.46. The van der Waals surface area contributed by atoms with Crippen LogP contribution < -0.4 is 20.9 Å². The molecule has 0 fully saturated rings. The van der Waals surface area contributed by atoms with Crippen molar-refractivity contribution >= 4 is 61.0 Å². The molecule has 3 aromatic rings. The van der Waals surface area contributed by atoms with Gasteiger partial charge in [0.15, 0.2) is 11.7 Å². The number of amides is 2. The van der Waals surface area contributed by atoms with E-state index < -0.39 is 5.91 Å². The van der Waals surface area contributed by atoms with Crippen LogP contribution in [0.3, 0.4) is 0 Å². The zero-order valence-corrected chi connectivity index (χ0v) is 20.9. The van der Waals surface area contributed by atoms with Crippen LogP contribution >= 0.6 is 44.1 Å². The maximum absolute atomic E-state index is 12.4. The Morgan fingerprint density at radius 1 is 0.938 bits per heavy atom. The maximum atomic E-state index is 12.4. The topological polar surface area (TPSA) is 79.5 Å². The molecule has 2 amide bonds. The van der Waals surface area contributed by atoms with Crippen LogP contribution in [0.25, 0.3) is 11.1 Å². The SMILES string of the molecule is Cc1cc(Br)cc(Br)c1OCC(=O)NNC(=S)NC(=O)c1ccc(-c2ccccc2)cc1. The number of carbonyl (C=O) groups excluding carboxylic acids is 2. The van der Waals surface area contributed by atoms with Gasteiger partial charge < -0.3 is 4.74 Å². The summed E-state index contributed by atoms with van der Waals surface area (Å²) in [5.41, 5.74) is 8.27. The van der Waals surface area contributed by atoms with Gasteiger partial charge in [0.1, 0.15) is 5.75 Å². The fourth-order valence-corrected chi connectivity index (χ4v) is 4.52. The number of hydrogen-bond donors (Lipinski definition) is 3. The first-order chi connectivity index (χ1) is 15.3. The third-order valence-electron chi connectivity index (χ3n) is 4.34. The van der Waals surface area contributed by atoms with Crippen LogP contribution in [0.2, 0.25) is 0 Å². The minimum absolute atomic E-state index is 0.0310. The van der Waals surface area contributed by atoms with Gasteiger partial charge in [-0.2, -0.15) is 0 Å². The fraction of sp³-hybridized carbons (Fsp3) is 0.0870. The van der Waals surface area contributed by atoms with E-state index in [4.69, 9.17) is 17.0 Å². The van der Waals surface area contributed by atoms with Gasteiger partial charge in [-0.25, -0.2) is 0 Å². The fourth-order valence-electron chi connectivity index (χ4n) is 2.82. The minimum Gasteiger partial charge on any atom is -0.482 e. The van der Waals surface area contributed by atoms with Crippen molar-refractivity contribution < 1.29 is 14.3 Å². The summed E-state index contributed by atoms with van der Waals surface area (Å²) in [7, 11) is 0. The third kappa shape index (κ3) is 6.62. The summed E-state index contributed by atoms with van der Waals surface area (Å²) >= 11 is 11.9. The van der Waals surface area contributed by atoms with Gasteiger partial charge >= 0.3 is 0 Å². The summed E-state index contributed by atoms with van der Waals surface area (Å²) in [4.78, 5) is 24.4. The Kier molecular flexibility index (Phi) is 8.38. The number of carbonyl (C=O) groups is 2. The van der Waals surface area contributed by atoms with E-state index in [2.05, 4.69) is 48.0 Å². The normalized spacial score (nSPS) is 10.2. The molecule has 0 aromatic heterocycles. The first-order valence-corrected chi connectivity index (χ1v) is 11.5. The molecule has 0 aliphatic carbocycles. The van der Waals surface area contributed by atoms with Crippen LogP contribution in [0.1, 0.15) is 15.9 Å². The summed E-state index contributed by atoms with van der Waals surface area (Å²) < 4.78 is 7.19. The maximum Gasteiger partial charge on any atom is 0.276 e. The van der Waals surface area contributed by atoms with Gasteiger partial charge in [0, 0.05) is 10.0 Å². The first kappa shape index (κ1) is 23.9. The Morgan fingerprint density at radius 2 is 1.59 bits per heavy atom. The van der Waals surface area contributed by atoms with E-state index in [9.17, 15) is 9.59 Å². The smallest absolute Gasteiger partial charge is 0.276 e. The molecular weight excluding hydrogens is 558 g/mol.